The van der Waals surface area contributed by atoms with Gasteiger partial charge in [-0.05, 0) is 13.8 Å². The number of ether oxygens (including phenoxy) is 1. The van der Waals surface area contributed by atoms with E-state index in [0.29, 0.717) is 0 Å². The molecule has 0 aliphatic rings. The van der Waals surface area contributed by atoms with Gasteiger partial charge < -0.3 is 9.84 Å². The maximum absolute atomic E-state index is 11.4. The summed E-state index contributed by atoms with van der Waals surface area (Å²) in [7, 11) is 0. The molecule has 0 unspecified atom stereocenters. The molecule has 1 rings (SSSR count). The van der Waals surface area contributed by atoms with Crippen molar-refractivity contribution in [3.63, 3.8) is 0 Å². The highest BCUT2D eigenvalue weighted by Gasteiger charge is 2.20. The number of aromatic nitrogens is 2. The lowest BCUT2D eigenvalue weighted by Crippen LogP contribution is -2.19. The number of nitrogens with zero attached hydrogens (tertiary/aromatic N) is 2. The second-order valence-electron chi connectivity index (χ2n) is 3.76. The number of carbonyl (C=O) groups is 2. The molecule has 7 heteroatoms. The fraction of sp³-hybridized carbons (Fsp3) is 0.364. The lowest BCUT2D eigenvalue weighted by Gasteiger charge is -2.12. The van der Waals surface area contributed by atoms with Crippen LogP contribution in [-0.4, -0.2) is 33.6 Å². The summed E-state index contributed by atoms with van der Waals surface area (Å²) < 4.78 is 6.13. The minimum Gasteiger partial charge on any atom is -0.477 e. The van der Waals surface area contributed by atoms with Crippen LogP contribution < -0.4 is 5.32 Å². The highest BCUT2D eigenvalue weighted by atomic mass is 16.5. The Kier molecular flexibility index (Phi) is 4.47. The first kappa shape index (κ1) is 13.8. The van der Waals surface area contributed by atoms with Gasteiger partial charge in [-0.3, -0.25) is 5.32 Å². The number of hydrogen-bond acceptors (Lipinski definition) is 4. The normalized spacial score (nSPS) is 10.2. The fourth-order valence-electron chi connectivity index (χ4n) is 1.30. The smallest absolute Gasteiger partial charge is 0.413 e. The Morgan fingerprint density at radius 3 is 2.83 bits per heavy atom. The first-order chi connectivity index (χ1) is 8.47. The number of carboxylic acid groups (broad SMARTS) is 1. The summed E-state index contributed by atoms with van der Waals surface area (Å²) in [5, 5.41) is 15.3. The summed E-state index contributed by atoms with van der Waals surface area (Å²) >= 11 is 0. The van der Waals surface area contributed by atoms with Crippen LogP contribution in [-0.2, 0) is 4.74 Å². The van der Waals surface area contributed by atoms with E-state index in [1.165, 1.54) is 17.0 Å². The van der Waals surface area contributed by atoms with Crippen molar-refractivity contribution < 1.29 is 19.4 Å². The molecule has 1 aromatic heterocycles. The first-order valence-electron chi connectivity index (χ1n) is 5.32. The van der Waals surface area contributed by atoms with Gasteiger partial charge in [0.25, 0.3) is 0 Å². The standard InChI is InChI=1S/C11H15N3O4/c1-4-5-18-11(17)13-9-8(10(15)16)6-12-14(9)7(2)3/h4,6-7H,1,5H2,2-3H3,(H,13,17)(H,15,16). The molecule has 1 amide bonds. The van der Waals surface area contributed by atoms with Crippen LogP contribution in [0.15, 0.2) is 18.9 Å². The second kappa shape index (κ2) is 5.85. The molecule has 7 nitrogen and oxygen atoms in total. The van der Waals surface area contributed by atoms with Gasteiger partial charge in [-0.15, -0.1) is 0 Å². The number of anilines is 1. The summed E-state index contributed by atoms with van der Waals surface area (Å²) in [5.41, 5.74) is -0.0840. The number of amides is 1. The van der Waals surface area contributed by atoms with Crippen molar-refractivity contribution in [2.45, 2.75) is 19.9 Å². The van der Waals surface area contributed by atoms with Crippen LogP contribution in [0.3, 0.4) is 0 Å². The Balaban J connectivity index is 2.97. The van der Waals surface area contributed by atoms with Crippen LogP contribution in [0.25, 0.3) is 0 Å². The summed E-state index contributed by atoms with van der Waals surface area (Å²) in [6.45, 7) is 7.09. The fourth-order valence-corrected chi connectivity index (χ4v) is 1.30. The molecule has 0 aliphatic carbocycles. The molecule has 1 aromatic rings. The van der Waals surface area contributed by atoms with Crippen molar-refractivity contribution in [3.8, 4) is 0 Å². The molecule has 0 bridgehead atoms. The van der Waals surface area contributed by atoms with Crippen molar-refractivity contribution in [1.82, 2.24) is 9.78 Å². The third-order valence-electron chi connectivity index (χ3n) is 2.07. The van der Waals surface area contributed by atoms with Crippen molar-refractivity contribution in [3.05, 3.63) is 24.4 Å². The van der Waals surface area contributed by atoms with Gasteiger partial charge in [0.05, 0.1) is 6.20 Å². The molecular formula is C11H15N3O4. The van der Waals surface area contributed by atoms with Crippen LogP contribution in [0, 0.1) is 0 Å². The van der Waals surface area contributed by atoms with E-state index in [1.54, 1.807) is 0 Å². The van der Waals surface area contributed by atoms with E-state index >= 15 is 0 Å². The molecule has 0 atom stereocenters. The average molecular weight is 253 g/mol. The van der Waals surface area contributed by atoms with Gasteiger partial charge in [-0.1, -0.05) is 12.7 Å². The maximum atomic E-state index is 11.4. The molecule has 0 aliphatic heterocycles. The van der Waals surface area contributed by atoms with E-state index in [0.717, 1.165) is 0 Å². The number of hydrogen-bond donors (Lipinski definition) is 2. The van der Waals surface area contributed by atoms with Crippen LogP contribution in [0.2, 0.25) is 0 Å². The van der Waals surface area contributed by atoms with Crippen LogP contribution in [0.5, 0.6) is 0 Å². The van der Waals surface area contributed by atoms with Crippen molar-refractivity contribution in [2.75, 3.05) is 11.9 Å². The Bertz CT molecular complexity index is 465. The Morgan fingerprint density at radius 2 is 2.33 bits per heavy atom. The largest absolute Gasteiger partial charge is 0.477 e. The molecule has 0 radical (unpaired) electrons. The Hall–Kier alpha value is -2.31. The van der Waals surface area contributed by atoms with Gasteiger partial charge in [0, 0.05) is 6.04 Å². The topological polar surface area (TPSA) is 93.4 Å². The van der Waals surface area contributed by atoms with E-state index < -0.39 is 12.1 Å². The number of rotatable bonds is 5. The van der Waals surface area contributed by atoms with E-state index in [1.807, 2.05) is 13.8 Å². The quantitative estimate of drug-likeness (QED) is 0.781. The predicted octanol–water partition coefficient (Wildman–Crippen LogP) is 1.90. The number of carboxylic acids is 1. The zero-order chi connectivity index (χ0) is 13.7. The molecule has 0 fully saturated rings. The zero-order valence-corrected chi connectivity index (χ0v) is 10.2. The van der Waals surface area contributed by atoms with Crippen molar-refractivity contribution >= 4 is 17.9 Å². The molecule has 98 valence electrons. The third-order valence-corrected chi connectivity index (χ3v) is 2.07. The first-order valence-corrected chi connectivity index (χ1v) is 5.32. The molecule has 18 heavy (non-hydrogen) atoms. The monoisotopic (exact) mass is 253 g/mol. The SMILES string of the molecule is C=CCOC(=O)Nc1c(C(=O)O)cnn1C(C)C. The molecule has 0 saturated heterocycles. The van der Waals surface area contributed by atoms with Crippen molar-refractivity contribution in [2.24, 2.45) is 0 Å². The van der Waals surface area contributed by atoms with Gasteiger partial charge in [0.15, 0.2) is 0 Å². The number of nitrogens with one attached hydrogen (secondary N) is 1. The Morgan fingerprint density at radius 1 is 1.67 bits per heavy atom. The molecule has 0 saturated carbocycles. The second-order valence-corrected chi connectivity index (χ2v) is 3.76. The number of carbonyl (C=O) groups excluding carboxylic acids is 1. The number of aromatic carboxylic acids is 1. The van der Waals surface area contributed by atoms with Crippen LogP contribution in [0.1, 0.15) is 30.2 Å². The van der Waals surface area contributed by atoms with Gasteiger partial charge in [0.2, 0.25) is 0 Å². The minimum absolute atomic E-state index is 0.0457. The predicted molar refractivity (Wildman–Crippen MR) is 64.7 cm³/mol. The minimum atomic E-state index is -1.17. The van der Waals surface area contributed by atoms with Gasteiger partial charge >= 0.3 is 12.1 Å². The highest BCUT2D eigenvalue weighted by Crippen LogP contribution is 2.19. The van der Waals surface area contributed by atoms with Gasteiger partial charge in [0.1, 0.15) is 18.0 Å². The van der Waals surface area contributed by atoms with E-state index in [-0.39, 0.29) is 24.0 Å². The van der Waals surface area contributed by atoms with E-state index in [2.05, 4.69) is 17.0 Å². The zero-order valence-electron chi connectivity index (χ0n) is 10.2. The summed E-state index contributed by atoms with van der Waals surface area (Å²) in [4.78, 5) is 22.4. The summed E-state index contributed by atoms with van der Waals surface area (Å²) in [6, 6.07) is -0.0900. The van der Waals surface area contributed by atoms with E-state index in [9.17, 15) is 9.59 Å². The molecular weight excluding hydrogens is 238 g/mol. The maximum Gasteiger partial charge on any atom is 0.413 e. The summed E-state index contributed by atoms with van der Waals surface area (Å²) in [6.07, 6.45) is 1.85. The summed E-state index contributed by atoms with van der Waals surface area (Å²) in [5.74, 6) is -1.06. The lowest BCUT2D eigenvalue weighted by atomic mass is 10.3. The highest BCUT2D eigenvalue weighted by molar-refractivity contribution is 5.97. The van der Waals surface area contributed by atoms with E-state index in [4.69, 9.17) is 9.84 Å². The van der Waals surface area contributed by atoms with Gasteiger partial charge in [-0.25, -0.2) is 14.3 Å². The van der Waals surface area contributed by atoms with Crippen LogP contribution in [0.4, 0.5) is 10.6 Å². The molecule has 0 aromatic carbocycles. The van der Waals surface area contributed by atoms with Gasteiger partial charge in [-0.2, -0.15) is 5.10 Å². The molecule has 1 heterocycles. The Labute approximate surface area is 104 Å². The lowest BCUT2D eigenvalue weighted by molar-refractivity contribution is 0.0698. The van der Waals surface area contributed by atoms with Crippen LogP contribution >= 0.6 is 0 Å². The average Bonchev–Trinajstić information content (AvgIpc) is 2.70. The molecule has 0 spiro atoms. The third kappa shape index (κ3) is 3.09. The van der Waals surface area contributed by atoms with Crippen molar-refractivity contribution in [1.29, 1.82) is 0 Å². The molecule has 2 N–H and O–H groups in total.